The van der Waals surface area contributed by atoms with Crippen molar-refractivity contribution < 1.29 is 22.9 Å². The van der Waals surface area contributed by atoms with Gasteiger partial charge in [-0.1, -0.05) is 58.2 Å². The molecule has 8 heteroatoms. The Labute approximate surface area is 202 Å². The molecule has 32 heavy (non-hydrogen) atoms. The Bertz CT molecular complexity index is 481. The van der Waals surface area contributed by atoms with Crippen LogP contribution in [-0.2, 0) is 22.9 Å². The van der Waals surface area contributed by atoms with Crippen molar-refractivity contribution in [2.24, 2.45) is 0 Å². The van der Waals surface area contributed by atoms with Crippen molar-refractivity contribution in [3.05, 3.63) is 0 Å². The summed E-state index contributed by atoms with van der Waals surface area (Å²) in [6, 6.07) is 0.652. The Kier molecular flexibility index (Phi) is 20.0. The maximum atomic E-state index is 12.1. The number of carbonyl (C=O) groups excluding carboxylic acids is 2. The van der Waals surface area contributed by atoms with Crippen LogP contribution in [-0.4, -0.2) is 62.9 Å². The van der Waals surface area contributed by atoms with Gasteiger partial charge in [0.1, 0.15) is 6.23 Å². The van der Waals surface area contributed by atoms with Gasteiger partial charge in [0.25, 0.3) is 5.12 Å². The average molecular weight is 492 g/mol. The van der Waals surface area contributed by atoms with E-state index in [1.807, 2.05) is 13.8 Å². The third-order valence-electron chi connectivity index (χ3n) is 5.29. The molecule has 0 aliphatic heterocycles. The van der Waals surface area contributed by atoms with Crippen molar-refractivity contribution in [2.75, 3.05) is 32.1 Å². The van der Waals surface area contributed by atoms with Crippen LogP contribution < -0.4 is 0 Å². The number of nitrogens with zero attached hydrogens (tertiary/aromatic N) is 1. The van der Waals surface area contributed by atoms with Crippen LogP contribution in [0, 0.1) is 0 Å². The van der Waals surface area contributed by atoms with Crippen LogP contribution in [0.5, 0.6) is 0 Å². The molecule has 0 spiro atoms. The highest BCUT2D eigenvalue weighted by molar-refractivity contribution is 8.15. The molecule has 0 rings (SSSR count). The second kappa shape index (κ2) is 20.1. The van der Waals surface area contributed by atoms with Gasteiger partial charge >= 0.3 is 8.80 Å². The van der Waals surface area contributed by atoms with Crippen LogP contribution in [0.2, 0.25) is 6.04 Å². The van der Waals surface area contributed by atoms with Crippen molar-refractivity contribution in [3.8, 4) is 0 Å². The topological polar surface area (TPSA) is 65.1 Å². The average Bonchev–Trinajstić information content (AvgIpc) is 2.77. The molecule has 190 valence electrons. The second-order valence-corrected chi connectivity index (χ2v) is 11.9. The number of carbonyl (C=O) groups is 2. The summed E-state index contributed by atoms with van der Waals surface area (Å²) in [7, 11) is -2.88. The summed E-state index contributed by atoms with van der Waals surface area (Å²) in [6.07, 6.45) is 8.42. The lowest BCUT2D eigenvalue weighted by atomic mass is 10.1. The minimum Gasteiger partial charge on any atom is -0.374 e. The number of unbranched alkanes of at least 4 members (excludes halogenated alkanes) is 4. The van der Waals surface area contributed by atoms with E-state index in [0.29, 0.717) is 31.4 Å². The number of ketones is 1. The molecule has 0 bridgehead atoms. The Hall–Kier alpha value is -0.253. The minimum atomic E-state index is -2.88. The standard InChI is InChI=1S/C24H49NO5SSi/c1-7-12-15-17-23(26)24(27)31-20-16-21-32(28-10-4,29-11-5)30-22(6)25(18-13-8-2)19-14-9-3/h22H,7-21H2,1-6H3. The third-order valence-corrected chi connectivity index (χ3v) is 9.39. The smallest absolute Gasteiger partial charge is 0.374 e. The summed E-state index contributed by atoms with van der Waals surface area (Å²) in [5.41, 5.74) is 0. The van der Waals surface area contributed by atoms with Gasteiger partial charge in [-0.3, -0.25) is 14.5 Å². The molecule has 0 radical (unpaired) electrons. The molecular weight excluding hydrogens is 442 g/mol. The zero-order valence-corrected chi connectivity index (χ0v) is 23.4. The molecule has 0 heterocycles. The zero-order valence-electron chi connectivity index (χ0n) is 21.6. The van der Waals surface area contributed by atoms with Gasteiger partial charge in [0, 0.05) is 44.5 Å². The van der Waals surface area contributed by atoms with Crippen molar-refractivity contribution in [3.63, 3.8) is 0 Å². The van der Waals surface area contributed by atoms with E-state index in [2.05, 4.69) is 32.6 Å². The SMILES string of the molecule is CCCCCC(=O)C(=O)SCCC[Si](OCC)(OCC)OC(C)N(CCCC)CCCC. The maximum Gasteiger partial charge on any atom is 0.502 e. The lowest BCUT2D eigenvalue weighted by molar-refractivity contribution is -0.131. The summed E-state index contributed by atoms with van der Waals surface area (Å²) in [5.74, 6) is 0.328. The Morgan fingerprint density at radius 1 is 0.844 bits per heavy atom. The first-order valence-corrected chi connectivity index (χ1v) is 15.7. The van der Waals surface area contributed by atoms with Crippen LogP contribution in [0.25, 0.3) is 0 Å². The van der Waals surface area contributed by atoms with E-state index < -0.39 is 8.80 Å². The van der Waals surface area contributed by atoms with Gasteiger partial charge in [0.15, 0.2) is 0 Å². The first kappa shape index (κ1) is 31.7. The summed E-state index contributed by atoms with van der Waals surface area (Å²) < 4.78 is 18.8. The van der Waals surface area contributed by atoms with Gasteiger partial charge < -0.3 is 13.3 Å². The molecule has 0 aromatic heterocycles. The summed E-state index contributed by atoms with van der Waals surface area (Å²) in [5, 5.41) is -0.319. The van der Waals surface area contributed by atoms with E-state index in [1.165, 1.54) is 0 Å². The van der Waals surface area contributed by atoms with Gasteiger partial charge in [-0.15, -0.1) is 0 Å². The van der Waals surface area contributed by atoms with Gasteiger partial charge in [-0.25, -0.2) is 0 Å². The van der Waals surface area contributed by atoms with Gasteiger partial charge in [0.05, 0.1) is 0 Å². The maximum absolute atomic E-state index is 12.1. The highest BCUT2D eigenvalue weighted by Crippen LogP contribution is 2.24. The van der Waals surface area contributed by atoms with Crippen LogP contribution in [0.15, 0.2) is 0 Å². The lowest BCUT2D eigenvalue weighted by Gasteiger charge is -2.36. The van der Waals surface area contributed by atoms with Crippen LogP contribution in [0.1, 0.15) is 99.3 Å². The normalized spacial score (nSPS) is 13.0. The van der Waals surface area contributed by atoms with Crippen molar-refractivity contribution >= 4 is 31.5 Å². The molecule has 6 nitrogen and oxygen atoms in total. The lowest BCUT2D eigenvalue weighted by Crippen LogP contribution is -2.52. The second-order valence-electron chi connectivity index (χ2n) is 8.13. The number of hydrogen-bond acceptors (Lipinski definition) is 7. The minimum absolute atomic E-state index is 0.0766. The number of hydrogen-bond donors (Lipinski definition) is 0. The molecule has 1 unspecified atom stereocenters. The van der Waals surface area contributed by atoms with Crippen LogP contribution in [0.3, 0.4) is 0 Å². The largest absolute Gasteiger partial charge is 0.502 e. The Morgan fingerprint density at radius 3 is 1.91 bits per heavy atom. The van der Waals surface area contributed by atoms with E-state index in [-0.39, 0.29) is 17.1 Å². The molecule has 0 aliphatic carbocycles. The third kappa shape index (κ3) is 14.1. The molecule has 0 aromatic rings. The van der Waals surface area contributed by atoms with Crippen molar-refractivity contribution in [1.29, 1.82) is 0 Å². The van der Waals surface area contributed by atoms with E-state index in [9.17, 15) is 9.59 Å². The fraction of sp³-hybridized carbons (Fsp3) is 0.917. The van der Waals surface area contributed by atoms with E-state index in [0.717, 1.165) is 76.2 Å². The molecule has 0 N–H and O–H groups in total. The van der Waals surface area contributed by atoms with E-state index in [1.54, 1.807) is 0 Å². The first-order chi connectivity index (χ1) is 15.4. The first-order valence-electron chi connectivity index (χ1n) is 12.8. The van der Waals surface area contributed by atoms with Crippen LogP contribution in [0.4, 0.5) is 0 Å². The molecule has 0 fully saturated rings. The number of Topliss-reactive ketones (excluding diaryl/α,β-unsaturated/α-hetero) is 1. The monoisotopic (exact) mass is 491 g/mol. The molecule has 0 amide bonds. The quantitative estimate of drug-likeness (QED) is 0.0789. The van der Waals surface area contributed by atoms with Gasteiger partial charge in [-0.2, -0.15) is 0 Å². The van der Waals surface area contributed by atoms with Crippen molar-refractivity contribution in [1.82, 2.24) is 4.90 Å². The Balaban J connectivity index is 4.90. The molecule has 0 saturated heterocycles. The molecule has 0 aromatic carbocycles. The summed E-state index contributed by atoms with van der Waals surface area (Å²) in [4.78, 5) is 26.5. The molecule has 1 atom stereocenters. The van der Waals surface area contributed by atoms with Gasteiger partial charge in [-0.05, 0) is 46.5 Å². The number of rotatable bonds is 22. The van der Waals surface area contributed by atoms with Crippen LogP contribution >= 0.6 is 11.8 Å². The summed E-state index contributed by atoms with van der Waals surface area (Å²) in [6.45, 7) is 15.6. The van der Waals surface area contributed by atoms with E-state index in [4.69, 9.17) is 13.3 Å². The molecule has 0 saturated carbocycles. The summed E-state index contributed by atoms with van der Waals surface area (Å²) >= 11 is 1.12. The highest BCUT2D eigenvalue weighted by atomic mass is 32.2. The number of thioether (sulfide) groups is 1. The van der Waals surface area contributed by atoms with Gasteiger partial charge in [0.2, 0.25) is 5.78 Å². The predicted octanol–water partition coefficient (Wildman–Crippen LogP) is 6.06. The van der Waals surface area contributed by atoms with Crippen molar-refractivity contribution in [2.45, 2.75) is 112 Å². The fourth-order valence-corrected chi connectivity index (χ4v) is 7.23. The predicted molar refractivity (Wildman–Crippen MR) is 137 cm³/mol. The zero-order chi connectivity index (χ0) is 24.2. The molecular formula is C24H49NO5SSi. The molecule has 0 aliphatic rings. The fourth-order valence-electron chi connectivity index (χ4n) is 3.46. The highest BCUT2D eigenvalue weighted by Gasteiger charge is 2.42. The van der Waals surface area contributed by atoms with E-state index >= 15 is 0 Å². The Morgan fingerprint density at radius 2 is 1.41 bits per heavy atom.